The normalized spacial score (nSPS) is 11.9. The number of aromatic nitrogens is 2. The molecule has 0 bridgehead atoms. The number of imidazole rings is 1. The lowest BCUT2D eigenvalue weighted by molar-refractivity contribution is 0.572. The van der Waals surface area contributed by atoms with Crippen LogP contribution in [0.15, 0.2) is 11.2 Å². The number of aryl methyl sites for hydroxylation is 2. The zero-order valence-electron chi connectivity index (χ0n) is 11.5. The van der Waals surface area contributed by atoms with Crippen molar-refractivity contribution >= 4 is 21.6 Å². The topological polar surface area (TPSA) is 64.0 Å². The van der Waals surface area contributed by atoms with Crippen LogP contribution < -0.4 is 4.72 Å². The smallest absolute Gasteiger partial charge is 0.259 e. The van der Waals surface area contributed by atoms with Crippen molar-refractivity contribution in [3.05, 3.63) is 12.0 Å². The second-order valence-electron chi connectivity index (χ2n) is 4.47. The Morgan fingerprint density at radius 2 is 2.11 bits per heavy atom. The highest BCUT2D eigenvalue weighted by molar-refractivity contribution is 7.89. The number of alkyl halides is 1. The summed E-state index contributed by atoms with van der Waals surface area (Å²) in [5.41, 5.74) is 0. The van der Waals surface area contributed by atoms with Crippen LogP contribution >= 0.6 is 11.6 Å². The molecule has 0 amide bonds. The van der Waals surface area contributed by atoms with Gasteiger partial charge in [-0.1, -0.05) is 13.3 Å². The first-order valence-electron chi connectivity index (χ1n) is 6.60. The fourth-order valence-electron chi connectivity index (χ4n) is 1.75. The van der Waals surface area contributed by atoms with E-state index in [1.165, 1.54) is 0 Å². The fraction of sp³-hybridized carbons (Fsp3) is 0.750. The van der Waals surface area contributed by atoms with Gasteiger partial charge in [0.15, 0.2) is 5.03 Å². The molecular formula is C12H22ClN3O2S. The van der Waals surface area contributed by atoms with Crippen LogP contribution in [0.2, 0.25) is 0 Å². The van der Waals surface area contributed by atoms with Crippen molar-refractivity contribution in [2.24, 2.45) is 0 Å². The van der Waals surface area contributed by atoms with E-state index in [1.807, 2.05) is 18.4 Å². The van der Waals surface area contributed by atoms with Gasteiger partial charge < -0.3 is 4.57 Å². The summed E-state index contributed by atoms with van der Waals surface area (Å²) < 4.78 is 28.5. The Bertz CT molecular complexity index is 485. The molecule has 19 heavy (non-hydrogen) atoms. The highest BCUT2D eigenvalue weighted by atomic mass is 35.5. The SMILES string of the molecule is CCCn1cc(S(=O)(=O)NCCCCCCl)nc1C. The molecule has 5 nitrogen and oxygen atoms in total. The minimum atomic E-state index is -3.48. The molecule has 0 fully saturated rings. The molecule has 0 saturated carbocycles. The van der Waals surface area contributed by atoms with E-state index in [1.54, 1.807) is 6.20 Å². The quantitative estimate of drug-likeness (QED) is 0.562. The summed E-state index contributed by atoms with van der Waals surface area (Å²) in [5, 5.41) is 0.107. The van der Waals surface area contributed by atoms with Gasteiger partial charge in [-0.25, -0.2) is 18.1 Å². The van der Waals surface area contributed by atoms with Crippen LogP contribution in [0, 0.1) is 6.92 Å². The van der Waals surface area contributed by atoms with Crippen LogP contribution in [0.25, 0.3) is 0 Å². The van der Waals surface area contributed by atoms with Crippen molar-refractivity contribution in [1.29, 1.82) is 0 Å². The maximum absolute atomic E-state index is 12.0. The van der Waals surface area contributed by atoms with E-state index in [0.29, 0.717) is 12.4 Å². The van der Waals surface area contributed by atoms with Crippen LogP contribution in [0.3, 0.4) is 0 Å². The standard InChI is InChI=1S/C12H22ClN3O2S/c1-3-9-16-10-12(15-11(16)2)19(17,18)14-8-6-4-5-7-13/h10,14H,3-9H2,1-2H3. The van der Waals surface area contributed by atoms with Gasteiger partial charge in [0.2, 0.25) is 0 Å². The number of rotatable bonds is 9. The average Bonchev–Trinajstić information content (AvgIpc) is 2.72. The Morgan fingerprint density at radius 1 is 1.37 bits per heavy atom. The Labute approximate surface area is 120 Å². The second-order valence-corrected chi connectivity index (χ2v) is 6.56. The lowest BCUT2D eigenvalue weighted by Crippen LogP contribution is -2.25. The summed E-state index contributed by atoms with van der Waals surface area (Å²) in [4.78, 5) is 4.11. The molecule has 0 spiro atoms. The number of hydrogen-bond donors (Lipinski definition) is 1. The van der Waals surface area contributed by atoms with E-state index < -0.39 is 10.0 Å². The molecule has 1 aromatic heterocycles. The molecule has 7 heteroatoms. The van der Waals surface area contributed by atoms with E-state index in [4.69, 9.17) is 11.6 Å². The first-order valence-corrected chi connectivity index (χ1v) is 8.62. The number of unbranched alkanes of at least 4 members (excludes halogenated alkanes) is 2. The highest BCUT2D eigenvalue weighted by Gasteiger charge is 2.18. The van der Waals surface area contributed by atoms with Gasteiger partial charge in [-0.05, 0) is 26.2 Å². The molecule has 1 heterocycles. The molecular weight excluding hydrogens is 286 g/mol. The maximum Gasteiger partial charge on any atom is 0.259 e. The molecule has 1 aromatic rings. The minimum Gasteiger partial charge on any atom is -0.334 e. The third-order valence-electron chi connectivity index (χ3n) is 2.80. The molecule has 0 aromatic carbocycles. The van der Waals surface area contributed by atoms with Gasteiger partial charge in [0, 0.05) is 25.2 Å². The highest BCUT2D eigenvalue weighted by Crippen LogP contribution is 2.09. The molecule has 0 atom stereocenters. The van der Waals surface area contributed by atoms with E-state index >= 15 is 0 Å². The number of halogens is 1. The molecule has 0 aliphatic heterocycles. The molecule has 0 aliphatic rings. The maximum atomic E-state index is 12.0. The van der Waals surface area contributed by atoms with E-state index in [2.05, 4.69) is 9.71 Å². The number of sulfonamides is 1. The Hall–Kier alpha value is -0.590. The minimum absolute atomic E-state index is 0.107. The molecule has 1 N–H and O–H groups in total. The van der Waals surface area contributed by atoms with Crippen LogP contribution in [0.5, 0.6) is 0 Å². The first kappa shape index (κ1) is 16.5. The summed E-state index contributed by atoms with van der Waals surface area (Å²) in [6.45, 7) is 5.07. The van der Waals surface area contributed by atoms with Crippen molar-refractivity contribution in [2.45, 2.75) is 51.1 Å². The van der Waals surface area contributed by atoms with Crippen LogP contribution in [0.4, 0.5) is 0 Å². The van der Waals surface area contributed by atoms with Crippen molar-refractivity contribution < 1.29 is 8.42 Å². The second kappa shape index (κ2) is 7.87. The Balaban J connectivity index is 2.59. The summed E-state index contributed by atoms with van der Waals surface area (Å²) >= 11 is 5.56. The predicted octanol–water partition coefficient (Wildman–Crippen LogP) is 2.29. The number of hydrogen-bond acceptors (Lipinski definition) is 3. The Morgan fingerprint density at radius 3 is 2.74 bits per heavy atom. The van der Waals surface area contributed by atoms with Gasteiger partial charge in [-0.2, -0.15) is 0 Å². The van der Waals surface area contributed by atoms with Gasteiger partial charge >= 0.3 is 0 Å². The third-order valence-corrected chi connectivity index (χ3v) is 4.40. The summed E-state index contributed by atoms with van der Waals surface area (Å²) in [5.74, 6) is 1.34. The van der Waals surface area contributed by atoms with E-state index in [0.717, 1.165) is 38.1 Å². The molecule has 110 valence electrons. The lowest BCUT2D eigenvalue weighted by atomic mass is 10.2. The van der Waals surface area contributed by atoms with Crippen LogP contribution in [-0.2, 0) is 16.6 Å². The van der Waals surface area contributed by atoms with Crippen LogP contribution in [0.1, 0.15) is 38.4 Å². The molecule has 0 unspecified atom stereocenters. The van der Waals surface area contributed by atoms with Crippen LogP contribution in [-0.4, -0.2) is 30.4 Å². The number of nitrogens with zero attached hydrogens (tertiary/aromatic N) is 2. The van der Waals surface area contributed by atoms with Gasteiger partial charge in [-0.15, -0.1) is 11.6 Å². The third kappa shape index (κ3) is 5.12. The van der Waals surface area contributed by atoms with Crippen molar-refractivity contribution in [2.75, 3.05) is 12.4 Å². The molecule has 0 aliphatic carbocycles. The lowest BCUT2D eigenvalue weighted by Gasteiger charge is -2.03. The molecule has 0 saturated heterocycles. The van der Waals surface area contributed by atoms with E-state index in [-0.39, 0.29) is 5.03 Å². The zero-order chi connectivity index (χ0) is 14.3. The molecule has 1 rings (SSSR count). The number of nitrogens with one attached hydrogen (secondary N) is 1. The van der Waals surface area contributed by atoms with Gasteiger partial charge in [0.1, 0.15) is 5.82 Å². The zero-order valence-corrected chi connectivity index (χ0v) is 13.1. The van der Waals surface area contributed by atoms with Crippen molar-refractivity contribution in [3.8, 4) is 0 Å². The largest absolute Gasteiger partial charge is 0.334 e. The first-order chi connectivity index (χ1) is 9.01. The van der Waals surface area contributed by atoms with E-state index in [9.17, 15) is 8.42 Å². The van der Waals surface area contributed by atoms with Gasteiger partial charge in [-0.3, -0.25) is 0 Å². The predicted molar refractivity (Wildman–Crippen MR) is 77.0 cm³/mol. The van der Waals surface area contributed by atoms with Crippen molar-refractivity contribution in [3.63, 3.8) is 0 Å². The van der Waals surface area contributed by atoms with Crippen molar-refractivity contribution in [1.82, 2.24) is 14.3 Å². The monoisotopic (exact) mass is 307 g/mol. The summed E-state index contributed by atoms with van der Waals surface area (Å²) in [6, 6.07) is 0. The van der Waals surface area contributed by atoms with Gasteiger partial charge in [0.25, 0.3) is 10.0 Å². The summed E-state index contributed by atoms with van der Waals surface area (Å²) in [7, 11) is -3.48. The molecule has 0 radical (unpaired) electrons. The fourth-order valence-corrected chi connectivity index (χ4v) is 3.02. The average molecular weight is 308 g/mol. The Kier molecular flexibility index (Phi) is 6.82. The summed E-state index contributed by atoms with van der Waals surface area (Å²) in [6.07, 6.45) is 5.17. The van der Waals surface area contributed by atoms with Gasteiger partial charge in [0.05, 0.1) is 0 Å².